The molecule has 0 amide bonds. The van der Waals surface area contributed by atoms with Crippen LogP contribution in [0.3, 0.4) is 0 Å². The maximum Gasteiger partial charge on any atom is 4.00 e. The topological polar surface area (TPSA) is 190 Å². The van der Waals surface area contributed by atoms with Crippen molar-refractivity contribution in [2.24, 2.45) is 0 Å². The summed E-state index contributed by atoms with van der Waals surface area (Å²) in [6.45, 7) is 0. The Labute approximate surface area is 112 Å². The molecule has 0 heterocycles. The summed E-state index contributed by atoms with van der Waals surface area (Å²) in [5, 5.41) is 50.0. The molecule has 0 rings (SSSR count). The van der Waals surface area contributed by atoms with Gasteiger partial charge >= 0.3 is 49.3 Å². The predicted octanol–water partition coefficient (Wildman–Crippen LogP) is -7.72. The SMILES string of the molecule is O=C([O-])[O-].O=C([O-])[O-].O=C([O-])[O-].[Mg+2].[Zr+4]. The van der Waals surface area contributed by atoms with Crippen molar-refractivity contribution in [1.82, 2.24) is 0 Å². The van der Waals surface area contributed by atoms with Gasteiger partial charge in [-0.15, -0.1) is 0 Å². The van der Waals surface area contributed by atoms with Gasteiger partial charge in [0.25, 0.3) is 0 Å². The second-order valence-electron chi connectivity index (χ2n) is 0.750. The van der Waals surface area contributed by atoms with Crippen molar-refractivity contribution in [1.29, 1.82) is 0 Å². The molecule has 0 radical (unpaired) electrons. The first kappa shape index (κ1) is 29.2. The van der Waals surface area contributed by atoms with E-state index in [-0.39, 0.29) is 49.3 Å². The summed E-state index contributed by atoms with van der Waals surface area (Å²) in [7, 11) is 0. The van der Waals surface area contributed by atoms with Gasteiger partial charge in [-0.1, -0.05) is 0 Å². The van der Waals surface area contributed by atoms with Gasteiger partial charge in [-0.05, 0) is 18.5 Å². The zero-order valence-electron chi connectivity index (χ0n) is 6.38. The zero-order chi connectivity index (χ0) is 10.7. The molecule has 0 aromatic carbocycles. The van der Waals surface area contributed by atoms with Crippen molar-refractivity contribution in [3.05, 3.63) is 0 Å². The van der Waals surface area contributed by atoms with Crippen LogP contribution < -0.4 is 30.6 Å². The Morgan fingerprint density at radius 2 is 0.571 bits per heavy atom. The molecule has 0 aromatic heterocycles. The Hall–Kier alpha value is -0.541. The van der Waals surface area contributed by atoms with E-state index < -0.39 is 18.5 Å². The van der Waals surface area contributed by atoms with Crippen LogP contribution in [-0.4, -0.2) is 41.5 Å². The van der Waals surface area contributed by atoms with Gasteiger partial charge in [0.15, 0.2) is 0 Å². The summed E-state index contributed by atoms with van der Waals surface area (Å²) in [4.78, 5) is 25.0. The van der Waals surface area contributed by atoms with Gasteiger partial charge in [-0.25, -0.2) is 0 Å². The van der Waals surface area contributed by atoms with Gasteiger partial charge in [-0.3, -0.25) is 0 Å². The fourth-order valence-electron chi connectivity index (χ4n) is 0. The van der Waals surface area contributed by atoms with E-state index in [0.717, 1.165) is 0 Å². The van der Waals surface area contributed by atoms with Crippen LogP contribution in [0.15, 0.2) is 0 Å². The second kappa shape index (κ2) is 22.9. The summed E-state index contributed by atoms with van der Waals surface area (Å²) in [6.07, 6.45) is -7.00. The minimum Gasteiger partial charge on any atom is -0.652 e. The predicted molar refractivity (Wildman–Crippen MR) is 21.9 cm³/mol. The first-order valence-corrected chi connectivity index (χ1v) is 1.84. The van der Waals surface area contributed by atoms with Crippen LogP contribution in [0.2, 0.25) is 0 Å². The number of carbonyl (C=O) groups is 3. The van der Waals surface area contributed by atoms with Crippen LogP contribution in [-0.2, 0) is 26.2 Å². The molecule has 0 spiro atoms. The van der Waals surface area contributed by atoms with Gasteiger partial charge in [0, 0.05) is 0 Å². The largest absolute Gasteiger partial charge is 4.00 e. The molecule has 0 aliphatic heterocycles. The number of rotatable bonds is 0. The maximum atomic E-state index is 8.33. The molecule has 0 aliphatic rings. The number of hydrogen-bond donors (Lipinski definition) is 0. The fourth-order valence-corrected chi connectivity index (χ4v) is 0. The molecule has 0 aromatic rings. The van der Waals surface area contributed by atoms with Gasteiger partial charge < -0.3 is 45.0 Å². The van der Waals surface area contributed by atoms with Crippen LogP contribution in [0, 0.1) is 0 Å². The summed E-state index contributed by atoms with van der Waals surface area (Å²) >= 11 is 0. The minimum absolute atomic E-state index is 0. The molecule has 11 heteroatoms. The van der Waals surface area contributed by atoms with Crippen molar-refractivity contribution >= 4 is 41.5 Å². The molecule has 9 nitrogen and oxygen atoms in total. The summed E-state index contributed by atoms with van der Waals surface area (Å²) in [5.41, 5.74) is 0. The van der Waals surface area contributed by atoms with Gasteiger partial charge in [-0.2, -0.15) is 0 Å². The van der Waals surface area contributed by atoms with Gasteiger partial charge in [0.2, 0.25) is 0 Å². The fraction of sp³-hybridized carbons (Fsp3) is 0. The van der Waals surface area contributed by atoms with Crippen LogP contribution in [0.1, 0.15) is 0 Å². The molecular formula is C3MgO9Zr. The van der Waals surface area contributed by atoms with E-state index in [4.69, 9.17) is 45.0 Å². The third-order valence-corrected chi connectivity index (χ3v) is 0. The first-order chi connectivity index (χ1) is 5.20. The normalized spacial score (nSPS) is 5.14. The smallest absolute Gasteiger partial charge is 0.652 e. The van der Waals surface area contributed by atoms with Crippen LogP contribution >= 0.6 is 0 Å². The van der Waals surface area contributed by atoms with Gasteiger partial charge in [0.05, 0.1) is 0 Å². The van der Waals surface area contributed by atoms with E-state index in [9.17, 15) is 0 Å². The molecule has 0 bridgehead atoms. The van der Waals surface area contributed by atoms with Crippen molar-refractivity contribution < 1.29 is 71.2 Å². The van der Waals surface area contributed by atoms with Crippen LogP contribution in [0.25, 0.3) is 0 Å². The van der Waals surface area contributed by atoms with E-state index in [1.807, 2.05) is 0 Å². The van der Waals surface area contributed by atoms with Crippen LogP contribution in [0.4, 0.5) is 14.4 Å². The molecule has 0 N–H and O–H groups in total. The molecule has 0 atom stereocenters. The number of hydrogen-bond acceptors (Lipinski definition) is 9. The summed E-state index contributed by atoms with van der Waals surface area (Å²) in [6, 6.07) is 0. The average Bonchev–Trinajstić information content (AvgIpc) is 1.54. The van der Waals surface area contributed by atoms with Crippen molar-refractivity contribution in [2.45, 2.75) is 0 Å². The van der Waals surface area contributed by atoms with E-state index in [2.05, 4.69) is 0 Å². The molecule has 0 aliphatic carbocycles. The molecule has 72 valence electrons. The molecule has 0 unspecified atom stereocenters. The van der Waals surface area contributed by atoms with Crippen molar-refractivity contribution in [3.63, 3.8) is 0 Å². The second-order valence-corrected chi connectivity index (χ2v) is 0.750. The molecule has 0 fully saturated rings. The van der Waals surface area contributed by atoms with E-state index in [0.29, 0.717) is 0 Å². The Bertz CT molecular complexity index is 118. The Kier molecular flexibility index (Phi) is 47.7. The van der Waals surface area contributed by atoms with Crippen molar-refractivity contribution in [2.75, 3.05) is 0 Å². The zero-order valence-corrected chi connectivity index (χ0v) is 10.3. The molecule has 0 saturated carbocycles. The molecule has 0 saturated heterocycles. The van der Waals surface area contributed by atoms with E-state index >= 15 is 0 Å². The number of carbonyl (C=O) groups excluding carboxylic acids is 3. The Morgan fingerprint density at radius 3 is 0.571 bits per heavy atom. The standard InChI is InChI=1S/3CH2O3.Mg.Zr/c3*2-1(3)4;;/h3*(H2,2,3,4);;/q;;;+2;+4/p-6. The quantitative estimate of drug-likeness (QED) is 0.390. The van der Waals surface area contributed by atoms with E-state index in [1.165, 1.54) is 0 Å². The monoisotopic (exact) mass is 294 g/mol. The van der Waals surface area contributed by atoms with E-state index in [1.54, 1.807) is 0 Å². The minimum atomic E-state index is -2.33. The van der Waals surface area contributed by atoms with Crippen molar-refractivity contribution in [3.8, 4) is 0 Å². The average molecular weight is 296 g/mol. The molecule has 14 heavy (non-hydrogen) atoms. The van der Waals surface area contributed by atoms with Crippen LogP contribution in [0.5, 0.6) is 0 Å². The van der Waals surface area contributed by atoms with Gasteiger partial charge in [0.1, 0.15) is 0 Å². The maximum absolute atomic E-state index is 8.33. The molecular weight excluding hydrogens is 296 g/mol. The third-order valence-electron chi connectivity index (χ3n) is 0. The Balaban J connectivity index is -0.0000000270. The summed E-state index contributed by atoms with van der Waals surface area (Å²) in [5.74, 6) is 0. The number of carboxylic acid groups (broad SMARTS) is 6. The third kappa shape index (κ3) is 4290. The first-order valence-electron chi connectivity index (χ1n) is 1.84. The Morgan fingerprint density at radius 1 is 0.571 bits per heavy atom. The summed E-state index contributed by atoms with van der Waals surface area (Å²) < 4.78 is 0.